The minimum atomic E-state index is -0.426. The van der Waals surface area contributed by atoms with Crippen LogP contribution in [0.1, 0.15) is 58.1 Å². The number of carbonyl (C=O) groups excluding carboxylic acids is 3. The summed E-state index contributed by atoms with van der Waals surface area (Å²) in [5.74, 6) is -0.189. The number of nitrogens with zero attached hydrogens (tertiary/aromatic N) is 3. The van der Waals surface area contributed by atoms with E-state index in [1.165, 1.54) is 0 Å². The van der Waals surface area contributed by atoms with Crippen molar-refractivity contribution >= 4 is 29.1 Å². The number of anilines is 2. The fourth-order valence-corrected chi connectivity index (χ4v) is 4.60. The lowest BCUT2D eigenvalue weighted by Gasteiger charge is -2.41. The van der Waals surface area contributed by atoms with Gasteiger partial charge in [-0.2, -0.15) is 0 Å². The van der Waals surface area contributed by atoms with Crippen LogP contribution in [0.2, 0.25) is 0 Å². The summed E-state index contributed by atoms with van der Waals surface area (Å²) in [6.07, 6.45) is 5.52. The van der Waals surface area contributed by atoms with Crippen LogP contribution in [0.5, 0.6) is 0 Å². The van der Waals surface area contributed by atoms with Crippen molar-refractivity contribution in [2.24, 2.45) is 0 Å². The van der Waals surface area contributed by atoms with Crippen molar-refractivity contribution in [3.8, 4) is 0 Å². The van der Waals surface area contributed by atoms with Gasteiger partial charge in [0, 0.05) is 30.3 Å². The van der Waals surface area contributed by atoms with E-state index in [4.69, 9.17) is 0 Å². The zero-order chi connectivity index (χ0) is 22.8. The van der Waals surface area contributed by atoms with E-state index in [0.29, 0.717) is 41.9 Å². The number of unbranched alkanes of at least 4 members (excludes halogenated alkanes) is 2. The van der Waals surface area contributed by atoms with Gasteiger partial charge in [-0.1, -0.05) is 36.8 Å². The molecule has 0 saturated carbocycles. The van der Waals surface area contributed by atoms with Crippen LogP contribution in [0.3, 0.4) is 0 Å². The molecule has 0 fully saturated rings. The normalized spacial score (nSPS) is 16.3. The molecule has 2 aliphatic heterocycles. The molecule has 0 saturated heterocycles. The number of rotatable bonds is 7. The van der Waals surface area contributed by atoms with E-state index in [1.807, 2.05) is 42.5 Å². The fourth-order valence-electron chi connectivity index (χ4n) is 4.60. The van der Waals surface area contributed by atoms with Gasteiger partial charge < -0.3 is 10.2 Å². The van der Waals surface area contributed by atoms with E-state index in [9.17, 15) is 14.4 Å². The number of hydrogen-bond donors (Lipinski definition) is 1. The van der Waals surface area contributed by atoms with Crippen molar-refractivity contribution in [2.45, 2.75) is 31.8 Å². The van der Waals surface area contributed by atoms with Crippen LogP contribution in [0, 0.1) is 0 Å². The predicted molar refractivity (Wildman–Crippen MR) is 125 cm³/mol. The highest BCUT2D eigenvalue weighted by molar-refractivity contribution is 6.16. The highest BCUT2D eigenvalue weighted by Gasteiger charge is 2.47. The summed E-state index contributed by atoms with van der Waals surface area (Å²) in [5, 5.41) is 2.84. The smallest absolute Gasteiger partial charge is 0.260 e. The molecule has 1 unspecified atom stereocenters. The molecule has 2 aromatic carbocycles. The summed E-state index contributed by atoms with van der Waals surface area (Å²) in [6.45, 7) is 0.514. The van der Waals surface area contributed by atoms with Gasteiger partial charge in [-0.3, -0.25) is 24.3 Å². The quantitative estimate of drug-likeness (QED) is 0.552. The molecule has 3 aromatic rings. The number of para-hydroxylation sites is 1. The Bertz CT molecular complexity index is 1210. The first-order valence-corrected chi connectivity index (χ1v) is 11.2. The first kappa shape index (κ1) is 20.9. The first-order chi connectivity index (χ1) is 16.1. The van der Waals surface area contributed by atoms with Crippen molar-refractivity contribution in [1.29, 1.82) is 0 Å². The monoisotopic (exact) mass is 440 g/mol. The largest absolute Gasteiger partial charge is 0.325 e. The van der Waals surface area contributed by atoms with Crippen LogP contribution in [0.25, 0.3) is 0 Å². The van der Waals surface area contributed by atoms with Crippen LogP contribution < -0.4 is 10.2 Å². The molecule has 0 bridgehead atoms. The summed E-state index contributed by atoms with van der Waals surface area (Å²) in [7, 11) is 0. The standard InChI is InChI=1S/C26H24N4O3/c31-23(28-18-9-8-15-27-17-18)14-2-1-7-16-29-24-19-10-3-4-11-20(19)26(33)30(24)22-13-6-5-12-21(22)25(29)32/h3-6,8-13,15,17,24H,1-2,7,14,16H2,(H,28,31). The van der Waals surface area contributed by atoms with Crippen molar-refractivity contribution in [3.63, 3.8) is 0 Å². The van der Waals surface area contributed by atoms with E-state index in [0.717, 1.165) is 18.4 Å². The van der Waals surface area contributed by atoms with Crippen molar-refractivity contribution in [3.05, 3.63) is 89.7 Å². The van der Waals surface area contributed by atoms with Gasteiger partial charge in [-0.25, -0.2) is 0 Å². The maximum Gasteiger partial charge on any atom is 0.260 e. The maximum atomic E-state index is 13.4. The highest BCUT2D eigenvalue weighted by atomic mass is 16.2. The Hall–Kier alpha value is -4.00. The summed E-state index contributed by atoms with van der Waals surface area (Å²) in [4.78, 5) is 46.2. The SMILES string of the molecule is O=C(CCCCCN1C(=O)c2ccccc2N2C(=O)c3ccccc3C12)Nc1cccnc1. The Morgan fingerprint density at radius 1 is 0.879 bits per heavy atom. The molecule has 0 spiro atoms. The second-order valence-corrected chi connectivity index (χ2v) is 8.25. The second-order valence-electron chi connectivity index (χ2n) is 8.25. The number of carbonyl (C=O) groups is 3. The molecule has 0 radical (unpaired) electrons. The summed E-state index contributed by atoms with van der Waals surface area (Å²) in [6, 6.07) is 18.4. The molecule has 33 heavy (non-hydrogen) atoms. The average molecular weight is 441 g/mol. The number of hydrogen-bond acceptors (Lipinski definition) is 4. The number of pyridine rings is 1. The lowest BCUT2D eigenvalue weighted by atomic mass is 10.0. The van der Waals surface area contributed by atoms with E-state index >= 15 is 0 Å². The molecular formula is C26H24N4O3. The van der Waals surface area contributed by atoms with E-state index in [2.05, 4.69) is 10.3 Å². The van der Waals surface area contributed by atoms with Crippen LogP contribution >= 0.6 is 0 Å². The zero-order valence-corrected chi connectivity index (χ0v) is 18.1. The van der Waals surface area contributed by atoms with Gasteiger partial charge in [-0.05, 0) is 43.2 Å². The number of fused-ring (bicyclic) bond motifs is 5. The molecule has 3 heterocycles. The first-order valence-electron chi connectivity index (χ1n) is 11.2. The van der Waals surface area contributed by atoms with Crippen LogP contribution in [0.15, 0.2) is 73.1 Å². The number of aromatic nitrogens is 1. The van der Waals surface area contributed by atoms with Gasteiger partial charge in [0.25, 0.3) is 11.8 Å². The molecule has 7 heteroatoms. The molecule has 1 aromatic heterocycles. The number of amides is 3. The van der Waals surface area contributed by atoms with Crippen LogP contribution in [-0.4, -0.2) is 34.2 Å². The molecule has 7 nitrogen and oxygen atoms in total. The fraction of sp³-hybridized carbons (Fsp3) is 0.231. The van der Waals surface area contributed by atoms with Gasteiger partial charge in [-0.15, -0.1) is 0 Å². The van der Waals surface area contributed by atoms with Crippen LogP contribution in [-0.2, 0) is 4.79 Å². The zero-order valence-electron chi connectivity index (χ0n) is 18.1. The van der Waals surface area contributed by atoms with Gasteiger partial charge in [0.15, 0.2) is 0 Å². The van der Waals surface area contributed by atoms with Gasteiger partial charge in [0.05, 0.1) is 23.1 Å². The maximum absolute atomic E-state index is 13.4. The van der Waals surface area contributed by atoms with Gasteiger partial charge >= 0.3 is 0 Å². The van der Waals surface area contributed by atoms with Crippen molar-refractivity contribution < 1.29 is 14.4 Å². The van der Waals surface area contributed by atoms with Gasteiger partial charge in [0.2, 0.25) is 5.91 Å². The van der Waals surface area contributed by atoms with Crippen molar-refractivity contribution in [1.82, 2.24) is 9.88 Å². The molecular weight excluding hydrogens is 416 g/mol. The van der Waals surface area contributed by atoms with Crippen molar-refractivity contribution in [2.75, 3.05) is 16.8 Å². The van der Waals surface area contributed by atoms with E-state index < -0.39 is 6.17 Å². The third kappa shape index (κ3) is 3.86. The van der Waals surface area contributed by atoms with E-state index in [-0.39, 0.29) is 17.7 Å². The average Bonchev–Trinajstić information content (AvgIpc) is 3.14. The molecule has 3 amide bonds. The second kappa shape index (κ2) is 8.86. The molecule has 5 rings (SSSR count). The number of nitrogens with one attached hydrogen (secondary N) is 1. The highest BCUT2D eigenvalue weighted by Crippen LogP contribution is 2.45. The minimum absolute atomic E-state index is 0.0486. The lowest BCUT2D eigenvalue weighted by Crippen LogP contribution is -2.48. The molecule has 1 atom stereocenters. The van der Waals surface area contributed by atoms with Gasteiger partial charge in [0.1, 0.15) is 6.17 Å². The predicted octanol–water partition coefficient (Wildman–Crippen LogP) is 4.40. The molecule has 0 aliphatic carbocycles. The lowest BCUT2D eigenvalue weighted by molar-refractivity contribution is -0.116. The third-order valence-electron chi connectivity index (χ3n) is 6.13. The Morgan fingerprint density at radius 3 is 2.48 bits per heavy atom. The number of benzene rings is 2. The Morgan fingerprint density at radius 2 is 1.67 bits per heavy atom. The summed E-state index contributed by atoms with van der Waals surface area (Å²) >= 11 is 0. The molecule has 166 valence electrons. The van der Waals surface area contributed by atoms with Crippen LogP contribution in [0.4, 0.5) is 11.4 Å². The Labute approximate surface area is 192 Å². The van der Waals surface area contributed by atoms with E-state index in [1.54, 1.807) is 40.4 Å². The Balaban J connectivity index is 1.26. The molecule has 2 aliphatic rings. The molecule has 1 N–H and O–H groups in total. The minimum Gasteiger partial charge on any atom is -0.325 e. The third-order valence-corrected chi connectivity index (χ3v) is 6.13. The summed E-state index contributed by atoms with van der Waals surface area (Å²) < 4.78 is 0. The topological polar surface area (TPSA) is 82.6 Å². The Kier molecular flexibility index (Phi) is 5.60. The summed E-state index contributed by atoms with van der Waals surface area (Å²) in [5.41, 5.74) is 3.40.